The van der Waals surface area contributed by atoms with E-state index in [2.05, 4.69) is 5.32 Å². The predicted octanol–water partition coefficient (Wildman–Crippen LogP) is 3.05. The summed E-state index contributed by atoms with van der Waals surface area (Å²) in [4.78, 5) is 30.0. The maximum atomic E-state index is 13.5. The zero-order valence-corrected chi connectivity index (χ0v) is 19.4. The van der Waals surface area contributed by atoms with Crippen LogP contribution in [0.25, 0.3) is 0 Å². The highest BCUT2D eigenvalue weighted by atomic mass is 16.5. The summed E-state index contributed by atoms with van der Waals surface area (Å²) in [5, 5.41) is 3.40. The number of carbonyl (C=O) groups is 2. The van der Waals surface area contributed by atoms with Gasteiger partial charge in [-0.25, -0.2) is 4.79 Å². The van der Waals surface area contributed by atoms with Crippen molar-refractivity contribution >= 4 is 11.9 Å². The first kappa shape index (κ1) is 22.9. The molecule has 0 spiro atoms. The summed E-state index contributed by atoms with van der Waals surface area (Å²) in [6, 6.07) is 13.1. The van der Waals surface area contributed by atoms with Crippen molar-refractivity contribution in [3.8, 4) is 17.2 Å². The first-order chi connectivity index (χ1) is 16.0. The smallest absolute Gasteiger partial charge is 0.328 e. The van der Waals surface area contributed by atoms with Gasteiger partial charge in [0.15, 0.2) is 11.5 Å². The van der Waals surface area contributed by atoms with Gasteiger partial charge in [-0.05, 0) is 61.2 Å². The van der Waals surface area contributed by atoms with Crippen molar-refractivity contribution in [3.63, 3.8) is 0 Å². The summed E-state index contributed by atoms with van der Waals surface area (Å²) >= 11 is 0. The number of hydrogen-bond donors (Lipinski definition) is 1. The lowest BCUT2D eigenvalue weighted by molar-refractivity contribution is -0.141. The van der Waals surface area contributed by atoms with Gasteiger partial charge in [-0.15, -0.1) is 0 Å². The van der Waals surface area contributed by atoms with Gasteiger partial charge in [0.25, 0.3) is 0 Å². The van der Waals surface area contributed by atoms with Crippen molar-refractivity contribution in [1.29, 1.82) is 0 Å². The molecule has 176 valence electrons. The van der Waals surface area contributed by atoms with Gasteiger partial charge in [0, 0.05) is 13.1 Å². The van der Waals surface area contributed by atoms with Crippen LogP contribution in [0.15, 0.2) is 42.5 Å². The summed E-state index contributed by atoms with van der Waals surface area (Å²) in [5.41, 5.74) is 1.93. The summed E-state index contributed by atoms with van der Waals surface area (Å²) < 4.78 is 16.0. The van der Waals surface area contributed by atoms with Gasteiger partial charge in [0.2, 0.25) is 5.91 Å². The van der Waals surface area contributed by atoms with E-state index in [-0.39, 0.29) is 24.0 Å². The van der Waals surface area contributed by atoms with Gasteiger partial charge < -0.3 is 19.1 Å². The van der Waals surface area contributed by atoms with E-state index in [1.165, 1.54) is 4.90 Å². The van der Waals surface area contributed by atoms with Gasteiger partial charge in [-0.3, -0.25) is 15.0 Å². The molecule has 0 saturated carbocycles. The van der Waals surface area contributed by atoms with E-state index in [0.717, 1.165) is 36.3 Å². The van der Waals surface area contributed by atoms with Crippen LogP contribution >= 0.6 is 0 Å². The Morgan fingerprint density at radius 2 is 1.79 bits per heavy atom. The number of rotatable bonds is 8. The van der Waals surface area contributed by atoms with E-state index in [1.54, 1.807) is 26.2 Å². The number of carbonyl (C=O) groups excluding carboxylic acids is 2. The number of nitrogens with one attached hydrogen (secondary N) is 1. The average molecular weight is 454 g/mol. The first-order valence-corrected chi connectivity index (χ1v) is 11.2. The van der Waals surface area contributed by atoms with Crippen LogP contribution in [-0.4, -0.2) is 62.3 Å². The topological polar surface area (TPSA) is 80.3 Å². The number of nitrogens with zero attached hydrogens (tertiary/aromatic N) is 2. The maximum Gasteiger partial charge on any atom is 0.328 e. The maximum absolute atomic E-state index is 13.5. The Hall–Kier alpha value is -3.26. The molecular formula is C25H31N3O5. The average Bonchev–Trinajstić information content (AvgIpc) is 2.86. The molecule has 3 amide bonds. The lowest BCUT2D eigenvalue weighted by Crippen LogP contribution is -2.67. The number of ether oxygens (including phenoxy) is 3. The van der Waals surface area contributed by atoms with Crippen LogP contribution < -0.4 is 19.5 Å². The van der Waals surface area contributed by atoms with E-state index < -0.39 is 0 Å². The Labute approximate surface area is 194 Å². The third-order valence-electron chi connectivity index (χ3n) is 6.38. The third kappa shape index (κ3) is 4.75. The highest BCUT2D eigenvalue weighted by Crippen LogP contribution is 2.31. The van der Waals surface area contributed by atoms with E-state index in [9.17, 15) is 9.59 Å². The van der Waals surface area contributed by atoms with Crippen LogP contribution in [0.3, 0.4) is 0 Å². The summed E-state index contributed by atoms with van der Waals surface area (Å²) in [5.74, 6) is 1.67. The molecule has 2 aromatic carbocycles. The second-order valence-electron chi connectivity index (χ2n) is 8.34. The minimum atomic E-state index is -0.290. The molecule has 2 aromatic rings. The standard InChI is InChI=1S/C25H31N3O5/c1-31-19-7-4-6-18(14-19)16-28-23-20(8-5-12-26-23)24(29)27(25(28)30)13-11-17-9-10-21(32-2)22(15-17)33-3/h4,6-7,9-10,14-15,20,23,26H,5,8,11-13,16H2,1-3H3. The number of piperidine rings is 1. The molecule has 0 aliphatic carbocycles. The predicted molar refractivity (Wildman–Crippen MR) is 123 cm³/mol. The molecule has 8 nitrogen and oxygen atoms in total. The minimum Gasteiger partial charge on any atom is -0.497 e. The van der Waals surface area contributed by atoms with Crippen LogP contribution in [-0.2, 0) is 17.8 Å². The Kier molecular flexibility index (Phi) is 7.03. The molecule has 33 heavy (non-hydrogen) atoms. The van der Waals surface area contributed by atoms with Gasteiger partial charge in [-0.1, -0.05) is 18.2 Å². The van der Waals surface area contributed by atoms with Gasteiger partial charge in [-0.2, -0.15) is 0 Å². The second kappa shape index (κ2) is 10.1. The van der Waals surface area contributed by atoms with E-state index in [0.29, 0.717) is 31.0 Å². The third-order valence-corrected chi connectivity index (χ3v) is 6.38. The molecule has 2 saturated heterocycles. The zero-order valence-electron chi connectivity index (χ0n) is 19.4. The van der Waals surface area contributed by atoms with Crippen LogP contribution in [0.5, 0.6) is 17.2 Å². The Bertz CT molecular complexity index is 1010. The fourth-order valence-corrected chi connectivity index (χ4v) is 4.64. The fraction of sp³-hybridized carbons (Fsp3) is 0.440. The minimum absolute atomic E-state index is 0.0976. The molecule has 2 atom stereocenters. The van der Waals surface area contributed by atoms with Crippen molar-refractivity contribution < 1.29 is 23.8 Å². The van der Waals surface area contributed by atoms with Gasteiger partial charge in [0.05, 0.1) is 33.4 Å². The molecular weight excluding hydrogens is 422 g/mol. The van der Waals surface area contributed by atoms with Crippen molar-refractivity contribution in [2.24, 2.45) is 5.92 Å². The Morgan fingerprint density at radius 1 is 0.970 bits per heavy atom. The van der Waals surface area contributed by atoms with Gasteiger partial charge in [0.1, 0.15) is 5.75 Å². The Morgan fingerprint density at radius 3 is 2.55 bits per heavy atom. The number of imide groups is 1. The van der Waals surface area contributed by atoms with Crippen LogP contribution in [0.1, 0.15) is 24.0 Å². The van der Waals surface area contributed by atoms with Crippen molar-refractivity contribution in [2.75, 3.05) is 34.4 Å². The number of amides is 3. The number of methoxy groups -OCH3 is 3. The van der Waals surface area contributed by atoms with Crippen LogP contribution in [0.2, 0.25) is 0 Å². The lowest BCUT2D eigenvalue weighted by atomic mass is 9.91. The number of urea groups is 1. The summed E-state index contributed by atoms with van der Waals surface area (Å²) in [6.45, 7) is 1.51. The molecule has 0 aromatic heterocycles. The number of fused-ring (bicyclic) bond motifs is 1. The lowest BCUT2D eigenvalue weighted by Gasteiger charge is -2.47. The molecule has 0 radical (unpaired) electrons. The molecule has 2 fully saturated rings. The van der Waals surface area contributed by atoms with E-state index >= 15 is 0 Å². The highest BCUT2D eigenvalue weighted by molar-refractivity contribution is 5.98. The summed E-state index contributed by atoms with van der Waals surface area (Å²) in [6.07, 6.45) is 1.93. The van der Waals surface area contributed by atoms with E-state index in [4.69, 9.17) is 14.2 Å². The van der Waals surface area contributed by atoms with Crippen LogP contribution in [0, 0.1) is 5.92 Å². The largest absolute Gasteiger partial charge is 0.497 e. The molecule has 2 unspecified atom stereocenters. The number of hydrogen-bond acceptors (Lipinski definition) is 6. The second-order valence-corrected chi connectivity index (χ2v) is 8.34. The highest BCUT2D eigenvalue weighted by Gasteiger charge is 2.46. The number of benzene rings is 2. The molecule has 8 heteroatoms. The zero-order chi connectivity index (χ0) is 23.4. The summed E-state index contributed by atoms with van der Waals surface area (Å²) in [7, 11) is 4.80. The molecule has 0 bridgehead atoms. The van der Waals surface area contributed by atoms with Gasteiger partial charge >= 0.3 is 6.03 Å². The Balaban J connectivity index is 1.54. The van der Waals surface area contributed by atoms with E-state index in [1.807, 2.05) is 42.5 Å². The van der Waals surface area contributed by atoms with Crippen molar-refractivity contribution in [1.82, 2.24) is 15.1 Å². The quantitative estimate of drug-likeness (QED) is 0.662. The molecule has 2 aliphatic heterocycles. The van der Waals surface area contributed by atoms with Crippen molar-refractivity contribution in [2.45, 2.75) is 32.0 Å². The molecule has 4 rings (SSSR count). The molecule has 1 N–H and O–H groups in total. The van der Waals surface area contributed by atoms with Crippen molar-refractivity contribution in [3.05, 3.63) is 53.6 Å². The first-order valence-electron chi connectivity index (χ1n) is 11.2. The normalized spacial score (nSPS) is 20.5. The fourth-order valence-electron chi connectivity index (χ4n) is 4.64. The van der Waals surface area contributed by atoms with Crippen LogP contribution in [0.4, 0.5) is 4.79 Å². The molecule has 2 aliphatic rings. The monoisotopic (exact) mass is 453 g/mol. The molecule has 2 heterocycles. The SMILES string of the molecule is COc1cccc(CN2C(=O)N(CCc3ccc(OC)c(OC)c3)C(=O)C3CCCNC32)c1.